The van der Waals surface area contributed by atoms with Crippen molar-refractivity contribution in [2.45, 2.75) is 52.2 Å². The zero-order chi connectivity index (χ0) is 13.3. The van der Waals surface area contributed by atoms with Crippen LogP contribution in [0.4, 0.5) is 0 Å². The minimum absolute atomic E-state index is 0.246. The molecule has 2 rings (SSSR count). The van der Waals surface area contributed by atoms with Gasteiger partial charge < -0.3 is 4.74 Å². The van der Waals surface area contributed by atoms with Crippen LogP contribution in [-0.4, -0.2) is 29.6 Å². The van der Waals surface area contributed by atoms with Crippen LogP contribution in [0.3, 0.4) is 0 Å². The van der Waals surface area contributed by atoms with Gasteiger partial charge in [-0.2, -0.15) is 0 Å². The van der Waals surface area contributed by atoms with E-state index in [-0.39, 0.29) is 6.10 Å². The second kappa shape index (κ2) is 4.93. The first-order chi connectivity index (χ1) is 8.36. The first-order valence-corrected chi connectivity index (χ1v) is 6.88. The van der Waals surface area contributed by atoms with Crippen LogP contribution in [-0.2, 0) is 0 Å². The molecule has 0 bridgehead atoms. The molecule has 2 heteroatoms. The Morgan fingerprint density at radius 2 is 1.67 bits per heavy atom. The van der Waals surface area contributed by atoms with Gasteiger partial charge in [-0.1, -0.05) is 12.1 Å². The third-order valence-corrected chi connectivity index (χ3v) is 3.55. The Morgan fingerprint density at radius 1 is 1.11 bits per heavy atom. The lowest BCUT2D eigenvalue weighted by Crippen LogP contribution is -2.54. The molecule has 0 N–H and O–H groups in total. The molecule has 0 amide bonds. The van der Waals surface area contributed by atoms with Crippen LogP contribution < -0.4 is 4.74 Å². The number of nitrogens with zero attached hydrogens (tertiary/aromatic N) is 1. The topological polar surface area (TPSA) is 12.5 Å². The summed E-state index contributed by atoms with van der Waals surface area (Å²) in [6, 6.07) is 8.61. The van der Waals surface area contributed by atoms with Gasteiger partial charge in [0.2, 0.25) is 0 Å². The number of hydrogen-bond acceptors (Lipinski definition) is 2. The maximum absolute atomic E-state index is 5.67. The van der Waals surface area contributed by atoms with Crippen LogP contribution in [0.1, 0.15) is 46.1 Å². The van der Waals surface area contributed by atoms with Crippen molar-refractivity contribution < 1.29 is 4.74 Å². The summed E-state index contributed by atoms with van der Waals surface area (Å²) in [4.78, 5) is 2.52. The molecular formula is C16H25NO. The van der Waals surface area contributed by atoms with Crippen molar-refractivity contribution in [3.63, 3.8) is 0 Å². The average molecular weight is 247 g/mol. The highest BCUT2D eigenvalue weighted by Crippen LogP contribution is 2.33. The van der Waals surface area contributed by atoms with E-state index in [2.05, 4.69) is 63.8 Å². The molecule has 0 radical (unpaired) electrons. The molecule has 0 spiro atoms. The summed E-state index contributed by atoms with van der Waals surface area (Å²) in [6.07, 6.45) is 0.246. The minimum atomic E-state index is 0.246. The van der Waals surface area contributed by atoms with E-state index >= 15 is 0 Å². The van der Waals surface area contributed by atoms with E-state index in [0.717, 1.165) is 5.75 Å². The van der Waals surface area contributed by atoms with Gasteiger partial charge in [-0.15, -0.1) is 0 Å². The monoisotopic (exact) mass is 247 g/mol. The molecule has 1 saturated heterocycles. The lowest BCUT2D eigenvalue weighted by molar-refractivity contribution is 0.0470. The zero-order valence-electron chi connectivity index (χ0n) is 12.2. The molecule has 0 atom stereocenters. The normalized spacial score (nSPS) is 17.9. The molecule has 1 aromatic carbocycles. The highest BCUT2D eigenvalue weighted by molar-refractivity contribution is 5.31. The fourth-order valence-corrected chi connectivity index (χ4v) is 2.33. The Labute approximate surface area is 111 Å². The van der Waals surface area contributed by atoms with Crippen LogP contribution in [0, 0.1) is 0 Å². The standard InChI is InChI=1S/C16H25NO/c1-12(2)18-15-8-6-13(7-9-15)14-10-17(11-14)16(3,4)5/h6-9,12,14H,10-11H2,1-5H3. The number of rotatable bonds is 3. The van der Waals surface area contributed by atoms with E-state index in [4.69, 9.17) is 4.74 Å². The second-order valence-corrected chi connectivity index (χ2v) is 6.51. The van der Waals surface area contributed by atoms with Gasteiger partial charge in [-0.05, 0) is 52.3 Å². The van der Waals surface area contributed by atoms with Crippen molar-refractivity contribution in [3.8, 4) is 5.75 Å². The summed E-state index contributed by atoms with van der Waals surface area (Å²) in [5.41, 5.74) is 1.74. The van der Waals surface area contributed by atoms with E-state index in [0.29, 0.717) is 11.5 Å². The van der Waals surface area contributed by atoms with E-state index in [1.807, 2.05) is 0 Å². The van der Waals surface area contributed by atoms with Crippen LogP contribution in [0.5, 0.6) is 5.75 Å². The molecule has 0 unspecified atom stereocenters. The van der Waals surface area contributed by atoms with Crippen molar-refractivity contribution in [2.75, 3.05) is 13.1 Å². The van der Waals surface area contributed by atoms with Gasteiger partial charge in [0.25, 0.3) is 0 Å². The Kier molecular flexibility index (Phi) is 3.67. The molecule has 2 nitrogen and oxygen atoms in total. The summed E-state index contributed by atoms with van der Waals surface area (Å²) in [5.74, 6) is 1.66. The van der Waals surface area contributed by atoms with Gasteiger partial charge in [0.1, 0.15) is 5.75 Å². The molecule has 18 heavy (non-hydrogen) atoms. The first-order valence-electron chi connectivity index (χ1n) is 6.88. The Morgan fingerprint density at radius 3 is 2.11 bits per heavy atom. The smallest absolute Gasteiger partial charge is 0.119 e. The fraction of sp³-hybridized carbons (Fsp3) is 0.625. The van der Waals surface area contributed by atoms with Gasteiger partial charge in [-0.25, -0.2) is 0 Å². The summed E-state index contributed by atoms with van der Waals surface area (Å²) >= 11 is 0. The Bertz CT molecular complexity index is 383. The molecule has 1 aliphatic rings. The number of benzene rings is 1. The molecule has 1 heterocycles. The van der Waals surface area contributed by atoms with Gasteiger partial charge >= 0.3 is 0 Å². The number of hydrogen-bond donors (Lipinski definition) is 0. The third-order valence-electron chi connectivity index (χ3n) is 3.55. The lowest BCUT2D eigenvalue weighted by Gasteiger charge is -2.48. The van der Waals surface area contributed by atoms with Crippen LogP contribution >= 0.6 is 0 Å². The maximum atomic E-state index is 5.67. The van der Waals surface area contributed by atoms with Crippen molar-refractivity contribution in [1.29, 1.82) is 0 Å². The van der Waals surface area contributed by atoms with Crippen LogP contribution in [0.2, 0.25) is 0 Å². The maximum Gasteiger partial charge on any atom is 0.119 e. The van der Waals surface area contributed by atoms with Crippen LogP contribution in [0.25, 0.3) is 0 Å². The van der Waals surface area contributed by atoms with E-state index < -0.39 is 0 Å². The van der Waals surface area contributed by atoms with Gasteiger partial charge in [0.05, 0.1) is 6.10 Å². The second-order valence-electron chi connectivity index (χ2n) is 6.51. The first kappa shape index (κ1) is 13.4. The van der Waals surface area contributed by atoms with Crippen molar-refractivity contribution >= 4 is 0 Å². The molecule has 0 aliphatic carbocycles. The minimum Gasteiger partial charge on any atom is -0.491 e. The van der Waals surface area contributed by atoms with E-state index in [1.165, 1.54) is 18.7 Å². The van der Waals surface area contributed by atoms with Crippen molar-refractivity contribution in [1.82, 2.24) is 4.90 Å². The van der Waals surface area contributed by atoms with Crippen molar-refractivity contribution in [2.24, 2.45) is 0 Å². The molecule has 1 aliphatic heterocycles. The van der Waals surface area contributed by atoms with E-state index in [9.17, 15) is 0 Å². The Hall–Kier alpha value is -1.02. The summed E-state index contributed by atoms with van der Waals surface area (Å²) < 4.78 is 5.67. The molecule has 100 valence electrons. The van der Waals surface area contributed by atoms with Gasteiger partial charge in [0, 0.05) is 24.5 Å². The largest absolute Gasteiger partial charge is 0.491 e. The molecule has 0 saturated carbocycles. The average Bonchev–Trinajstić information content (AvgIpc) is 2.15. The number of ether oxygens (including phenoxy) is 1. The SMILES string of the molecule is CC(C)Oc1ccc(C2CN(C(C)(C)C)C2)cc1. The summed E-state index contributed by atoms with van der Waals surface area (Å²) in [6.45, 7) is 13.3. The lowest BCUT2D eigenvalue weighted by atomic mass is 9.87. The van der Waals surface area contributed by atoms with E-state index in [1.54, 1.807) is 0 Å². The highest BCUT2D eigenvalue weighted by atomic mass is 16.5. The highest BCUT2D eigenvalue weighted by Gasteiger charge is 2.34. The predicted octanol–water partition coefficient (Wildman–Crippen LogP) is 3.67. The number of likely N-dealkylation sites (tertiary alicyclic amines) is 1. The quantitative estimate of drug-likeness (QED) is 0.808. The predicted molar refractivity (Wildman–Crippen MR) is 76.3 cm³/mol. The molecular weight excluding hydrogens is 222 g/mol. The fourth-order valence-electron chi connectivity index (χ4n) is 2.33. The summed E-state index contributed by atoms with van der Waals surface area (Å²) in [5, 5.41) is 0. The Balaban J connectivity index is 1.92. The summed E-state index contributed by atoms with van der Waals surface area (Å²) in [7, 11) is 0. The zero-order valence-corrected chi connectivity index (χ0v) is 12.2. The van der Waals surface area contributed by atoms with Crippen molar-refractivity contribution in [3.05, 3.63) is 29.8 Å². The molecule has 1 aromatic rings. The van der Waals surface area contributed by atoms with Gasteiger partial charge in [0.15, 0.2) is 0 Å². The van der Waals surface area contributed by atoms with Crippen LogP contribution in [0.15, 0.2) is 24.3 Å². The third kappa shape index (κ3) is 3.05. The molecule has 0 aromatic heterocycles. The van der Waals surface area contributed by atoms with Gasteiger partial charge in [-0.3, -0.25) is 4.90 Å². The molecule has 1 fully saturated rings.